The van der Waals surface area contributed by atoms with E-state index in [1.54, 1.807) is 7.11 Å². The summed E-state index contributed by atoms with van der Waals surface area (Å²) in [6.07, 6.45) is 5.19. The third kappa shape index (κ3) is 4.14. The van der Waals surface area contributed by atoms with Crippen LogP contribution in [0.2, 0.25) is 5.02 Å². The highest BCUT2D eigenvalue weighted by Crippen LogP contribution is 2.14. The highest BCUT2D eigenvalue weighted by Gasteiger charge is 2.07. The van der Waals surface area contributed by atoms with E-state index >= 15 is 0 Å². The number of aromatic nitrogens is 2. The zero-order valence-electron chi connectivity index (χ0n) is 10.2. The van der Waals surface area contributed by atoms with Crippen LogP contribution in [0.3, 0.4) is 0 Å². The molecule has 100 valence electrons. The second kappa shape index (κ2) is 7.86. The smallest absolute Gasteiger partial charge is 0.287 e. The summed E-state index contributed by atoms with van der Waals surface area (Å²) in [5, 5.41) is 7.12. The molecule has 1 aromatic rings. The van der Waals surface area contributed by atoms with Crippen molar-refractivity contribution in [3.05, 3.63) is 33.7 Å². The van der Waals surface area contributed by atoms with E-state index in [2.05, 4.69) is 10.4 Å². The van der Waals surface area contributed by atoms with Gasteiger partial charge in [-0.2, -0.15) is 5.10 Å². The highest BCUT2D eigenvalue weighted by molar-refractivity contribution is 6.32. The molecule has 1 heterocycles. The molecule has 0 saturated carbocycles. The first-order chi connectivity index (χ1) is 8.70. The third-order valence-corrected chi connectivity index (χ3v) is 2.57. The van der Waals surface area contributed by atoms with Gasteiger partial charge in [0.2, 0.25) is 0 Å². The number of rotatable bonds is 7. The average molecular weight is 273 g/mol. The fraction of sp³-hybridized carbons (Fsp3) is 0.455. The fourth-order valence-electron chi connectivity index (χ4n) is 1.27. The molecule has 0 aliphatic carbocycles. The Hall–Kier alpha value is -1.37. The molecular weight excluding hydrogens is 256 g/mol. The van der Waals surface area contributed by atoms with Gasteiger partial charge in [-0.3, -0.25) is 4.79 Å². The normalized spacial score (nSPS) is 11.1. The van der Waals surface area contributed by atoms with Gasteiger partial charge in [0.05, 0.1) is 25.0 Å². The van der Waals surface area contributed by atoms with Gasteiger partial charge in [0, 0.05) is 20.2 Å². The SMILES string of the molecule is COCCn1ncc(NC/C=C/CN)c(Cl)c1=O. The highest BCUT2D eigenvalue weighted by atomic mass is 35.5. The summed E-state index contributed by atoms with van der Waals surface area (Å²) >= 11 is 5.96. The van der Waals surface area contributed by atoms with Crippen LogP contribution in [0.15, 0.2) is 23.1 Å². The van der Waals surface area contributed by atoms with Gasteiger partial charge in [-0.1, -0.05) is 23.8 Å². The Morgan fingerprint density at radius 1 is 1.61 bits per heavy atom. The molecule has 0 spiro atoms. The standard InChI is InChI=1S/C11H17ClN4O2/c1-18-7-6-16-11(17)10(12)9(8-15-16)14-5-3-2-4-13/h2-3,8,14H,4-7,13H2,1H3/b3-2+. The number of ether oxygens (including phenoxy) is 1. The largest absolute Gasteiger partial charge is 0.383 e. The molecule has 1 aromatic heterocycles. The van der Waals surface area contributed by atoms with E-state index in [1.807, 2.05) is 12.2 Å². The molecule has 0 saturated heterocycles. The number of anilines is 1. The molecule has 3 N–H and O–H groups in total. The predicted octanol–water partition coefficient (Wildman–Crippen LogP) is 0.470. The summed E-state index contributed by atoms with van der Waals surface area (Å²) in [5.74, 6) is 0. The molecule has 0 aliphatic rings. The molecule has 0 unspecified atom stereocenters. The molecule has 0 fully saturated rings. The van der Waals surface area contributed by atoms with E-state index in [9.17, 15) is 4.79 Å². The van der Waals surface area contributed by atoms with Crippen LogP contribution in [0.1, 0.15) is 0 Å². The molecule has 0 aliphatic heterocycles. The van der Waals surface area contributed by atoms with Crippen LogP contribution in [0.25, 0.3) is 0 Å². The van der Waals surface area contributed by atoms with E-state index in [4.69, 9.17) is 22.1 Å². The number of hydrogen-bond donors (Lipinski definition) is 2. The van der Waals surface area contributed by atoms with Crippen molar-refractivity contribution >= 4 is 17.3 Å². The van der Waals surface area contributed by atoms with Crippen LogP contribution >= 0.6 is 11.6 Å². The zero-order valence-corrected chi connectivity index (χ0v) is 11.0. The first-order valence-corrected chi connectivity index (χ1v) is 5.92. The molecular formula is C11H17ClN4O2. The second-order valence-electron chi connectivity index (χ2n) is 3.48. The van der Waals surface area contributed by atoms with Crippen molar-refractivity contribution in [3.8, 4) is 0 Å². The van der Waals surface area contributed by atoms with Gasteiger partial charge in [-0.15, -0.1) is 0 Å². The maximum atomic E-state index is 11.8. The van der Waals surface area contributed by atoms with Crippen molar-refractivity contribution in [2.24, 2.45) is 5.73 Å². The molecule has 0 atom stereocenters. The van der Waals surface area contributed by atoms with Crippen molar-refractivity contribution in [2.45, 2.75) is 6.54 Å². The molecule has 0 bridgehead atoms. The Kier molecular flexibility index (Phi) is 6.42. The van der Waals surface area contributed by atoms with Crippen molar-refractivity contribution in [1.82, 2.24) is 9.78 Å². The first-order valence-electron chi connectivity index (χ1n) is 5.54. The average Bonchev–Trinajstić information content (AvgIpc) is 2.38. The van der Waals surface area contributed by atoms with Gasteiger partial charge < -0.3 is 15.8 Å². The number of nitrogens with zero attached hydrogens (tertiary/aromatic N) is 2. The molecule has 1 rings (SSSR count). The van der Waals surface area contributed by atoms with Crippen LogP contribution in [-0.4, -0.2) is 36.6 Å². The lowest BCUT2D eigenvalue weighted by Gasteiger charge is -2.08. The Morgan fingerprint density at radius 3 is 3.06 bits per heavy atom. The maximum Gasteiger partial charge on any atom is 0.287 e. The lowest BCUT2D eigenvalue weighted by atomic mass is 10.4. The van der Waals surface area contributed by atoms with Crippen molar-refractivity contribution in [3.63, 3.8) is 0 Å². The minimum Gasteiger partial charge on any atom is -0.383 e. The number of nitrogens with one attached hydrogen (secondary N) is 1. The molecule has 0 aromatic carbocycles. The van der Waals surface area contributed by atoms with Crippen LogP contribution in [0, 0.1) is 0 Å². The van der Waals surface area contributed by atoms with Crippen LogP contribution in [0.4, 0.5) is 5.69 Å². The van der Waals surface area contributed by atoms with Gasteiger partial charge in [0.25, 0.3) is 5.56 Å². The minimum atomic E-state index is -0.332. The summed E-state index contributed by atoms with van der Waals surface area (Å²) in [6, 6.07) is 0. The topological polar surface area (TPSA) is 82.2 Å². The first kappa shape index (κ1) is 14.7. The lowest BCUT2D eigenvalue weighted by Crippen LogP contribution is -2.26. The molecule has 0 amide bonds. The summed E-state index contributed by atoms with van der Waals surface area (Å²) in [5.41, 5.74) is 5.49. The van der Waals surface area contributed by atoms with Gasteiger partial charge in [-0.05, 0) is 0 Å². The summed E-state index contributed by atoms with van der Waals surface area (Å²) < 4.78 is 6.15. The fourth-order valence-corrected chi connectivity index (χ4v) is 1.49. The number of methoxy groups -OCH3 is 1. The van der Waals surface area contributed by atoms with E-state index in [0.29, 0.717) is 31.9 Å². The van der Waals surface area contributed by atoms with E-state index in [0.717, 1.165) is 0 Å². The Morgan fingerprint density at radius 2 is 2.39 bits per heavy atom. The van der Waals surface area contributed by atoms with Crippen LogP contribution in [-0.2, 0) is 11.3 Å². The monoisotopic (exact) mass is 272 g/mol. The van der Waals surface area contributed by atoms with Crippen molar-refractivity contribution in [2.75, 3.05) is 32.1 Å². The van der Waals surface area contributed by atoms with Crippen molar-refractivity contribution < 1.29 is 4.74 Å². The van der Waals surface area contributed by atoms with Crippen molar-refractivity contribution in [1.29, 1.82) is 0 Å². The van der Waals surface area contributed by atoms with E-state index < -0.39 is 0 Å². The van der Waals surface area contributed by atoms with Crippen LogP contribution < -0.4 is 16.6 Å². The Balaban J connectivity index is 2.74. The molecule has 6 nitrogen and oxygen atoms in total. The molecule has 0 radical (unpaired) electrons. The lowest BCUT2D eigenvalue weighted by molar-refractivity contribution is 0.182. The number of hydrogen-bond acceptors (Lipinski definition) is 5. The molecule has 18 heavy (non-hydrogen) atoms. The Bertz CT molecular complexity index is 459. The van der Waals surface area contributed by atoms with E-state index in [1.165, 1.54) is 10.9 Å². The number of nitrogens with two attached hydrogens (primary N) is 1. The van der Waals surface area contributed by atoms with E-state index in [-0.39, 0.29) is 10.6 Å². The molecule has 7 heteroatoms. The summed E-state index contributed by atoms with van der Waals surface area (Å²) in [6.45, 7) is 1.81. The zero-order chi connectivity index (χ0) is 13.4. The van der Waals surface area contributed by atoms with Gasteiger partial charge in [0.1, 0.15) is 5.02 Å². The maximum absolute atomic E-state index is 11.8. The Labute approximate surface area is 110 Å². The quantitative estimate of drug-likeness (QED) is 0.705. The minimum absolute atomic E-state index is 0.127. The van der Waals surface area contributed by atoms with Gasteiger partial charge in [0.15, 0.2) is 0 Å². The predicted molar refractivity (Wildman–Crippen MR) is 72.1 cm³/mol. The third-order valence-electron chi connectivity index (χ3n) is 2.21. The summed E-state index contributed by atoms with van der Waals surface area (Å²) in [7, 11) is 1.56. The number of halogens is 1. The summed E-state index contributed by atoms with van der Waals surface area (Å²) in [4.78, 5) is 11.8. The van der Waals surface area contributed by atoms with Gasteiger partial charge >= 0.3 is 0 Å². The van der Waals surface area contributed by atoms with Crippen LogP contribution in [0.5, 0.6) is 0 Å². The van der Waals surface area contributed by atoms with Gasteiger partial charge in [-0.25, -0.2) is 4.68 Å². The second-order valence-corrected chi connectivity index (χ2v) is 3.86.